The third kappa shape index (κ3) is 5.55. The van der Waals surface area contributed by atoms with Crippen LogP contribution in [0.15, 0.2) is 76.6 Å². The van der Waals surface area contributed by atoms with Gasteiger partial charge in [0.25, 0.3) is 0 Å². The first-order chi connectivity index (χ1) is 21.9. The summed E-state index contributed by atoms with van der Waals surface area (Å²) in [5, 5.41) is 1.84. The van der Waals surface area contributed by atoms with E-state index >= 15 is 0 Å². The van der Waals surface area contributed by atoms with Gasteiger partial charge in [-0.05, 0) is 55.0 Å². The first-order valence-electron chi connectivity index (χ1n) is 13.9. The molecule has 1 saturated heterocycles. The summed E-state index contributed by atoms with van der Waals surface area (Å²) in [6, 6.07) is 16.3. The standard InChI is InChI=1S/C32H26F3N3O6S2/c1-16-7-10-20(11-8-16)38-28(40)25-24(17-9-12-21(43-2)22(13-17)44-3)27-30(45-26(25)29(38)41)37(31(42)46-27)15-23(39)36-19-6-4-5-18(14-19)32(33,34)35/h4-14,24-26H,15H2,1-3H3,(H,36,39)/t24-,25+,26-/m0/s1. The maximum Gasteiger partial charge on any atom is 0.416 e. The number of amides is 3. The molecule has 3 heterocycles. The number of aromatic nitrogens is 1. The van der Waals surface area contributed by atoms with Crippen molar-refractivity contribution in [2.24, 2.45) is 5.92 Å². The summed E-state index contributed by atoms with van der Waals surface area (Å²) in [4.78, 5) is 55.6. The first-order valence-corrected chi connectivity index (χ1v) is 15.6. The lowest BCUT2D eigenvalue weighted by molar-refractivity contribution is -0.137. The number of thiazole rings is 1. The predicted molar refractivity (Wildman–Crippen MR) is 167 cm³/mol. The SMILES string of the molecule is COc1ccc([C@@H]2c3sc(=O)n(CC(=O)Nc4cccc(C(F)(F)F)c4)c3S[C@@H]3C(=O)N(c4ccc(C)cc4)C(=O)[C@H]23)cc1OC. The second kappa shape index (κ2) is 12.0. The molecule has 46 heavy (non-hydrogen) atoms. The summed E-state index contributed by atoms with van der Waals surface area (Å²) in [5.41, 5.74) is 0.953. The van der Waals surface area contributed by atoms with Crippen LogP contribution in [0.5, 0.6) is 11.5 Å². The van der Waals surface area contributed by atoms with Crippen LogP contribution in [-0.4, -0.2) is 41.8 Å². The van der Waals surface area contributed by atoms with Crippen LogP contribution in [0.25, 0.3) is 0 Å². The van der Waals surface area contributed by atoms with Crippen molar-refractivity contribution in [3.63, 3.8) is 0 Å². The number of halogens is 3. The number of benzene rings is 3. The number of ether oxygens (including phenoxy) is 2. The number of thioether (sulfide) groups is 1. The fraction of sp³-hybridized carbons (Fsp3) is 0.250. The van der Waals surface area contributed by atoms with Crippen LogP contribution in [0.4, 0.5) is 24.5 Å². The van der Waals surface area contributed by atoms with Gasteiger partial charge in [-0.3, -0.25) is 23.7 Å². The summed E-state index contributed by atoms with van der Waals surface area (Å²) in [5.74, 6) is -2.42. The van der Waals surface area contributed by atoms with Crippen molar-refractivity contribution >= 4 is 52.2 Å². The highest BCUT2D eigenvalue weighted by atomic mass is 32.2. The van der Waals surface area contributed by atoms with Crippen LogP contribution in [0.1, 0.15) is 27.5 Å². The summed E-state index contributed by atoms with van der Waals surface area (Å²) in [7, 11) is 2.95. The third-order valence-corrected chi connectivity index (χ3v) is 10.5. The smallest absolute Gasteiger partial charge is 0.416 e. The fourth-order valence-electron chi connectivity index (χ4n) is 5.73. The van der Waals surface area contributed by atoms with E-state index in [0.29, 0.717) is 32.7 Å². The molecule has 3 aromatic carbocycles. The maximum atomic E-state index is 14.1. The van der Waals surface area contributed by atoms with Crippen molar-refractivity contribution in [2.75, 3.05) is 24.4 Å². The Morgan fingerprint density at radius 3 is 2.33 bits per heavy atom. The van der Waals surface area contributed by atoms with E-state index in [1.807, 2.05) is 6.92 Å². The van der Waals surface area contributed by atoms with Crippen molar-refractivity contribution in [1.29, 1.82) is 0 Å². The monoisotopic (exact) mass is 669 g/mol. The summed E-state index contributed by atoms with van der Waals surface area (Å²) < 4.78 is 51.7. The molecule has 0 radical (unpaired) electrons. The van der Waals surface area contributed by atoms with Crippen molar-refractivity contribution < 1.29 is 37.0 Å². The Labute approximate surface area is 268 Å². The predicted octanol–water partition coefficient (Wildman–Crippen LogP) is 5.69. The lowest BCUT2D eigenvalue weighted by Crippen LogP contribution is -2.33. The number of methoxy groups -OCH3 is 2. The maximum absolute atomic E-state index is 14.1. The van der Waals surface area contributed by atoms with Gasteiger partial charge in [0, 0.05) is 16.5 Å². The van der Waals surface area contributed by atoms with Gasteiger partial charge in [0.15, 0.2) is 11.5 Å². The van der Waals surface area contributed by atoms with Crippen molar-refractivity contribution in [2.45, 2.75) is 35.8 Å². The zero-order valence-corrected chi connectivity index (χ0v) is 26.2. The number of nitrogens with zero attached hydrogens (tertiary/aromatic N) is 2. The Kier molecular flexibility index (Phi) is 8.19. The van der Waals surface area contributed by atoms with E-state index in [1.165, 1.54) is 30.9 Å². The Balaban J connectivity index is 1.41. The van der Waals surface area contributed by atoms with E-state index in [1.54, 1.807) is 42.5 Å². The number of anilines is 2. The molecule has 14 heteroatoms. The van der Waals surface area contributed by atoms with Crippen molar-refractivity contribution in [3.8, 4) is 11.5 Å². The number of imide groups is 1. The number of carbonyl (C=O) groups is 3. The normalized spacial score (nSPS) is 19.1. The number of rotatable bonds is 7. The highest BCUT2D eigenvalue weighted by Crippen LogP contribution is 2.54. The number of alkyl halides is 3. The molecule has 0 bridgehead atoms. The molecule has 1 aromatic heterocycles. The average molecular weight is 670 g/mol. The van der Waals surface area contributed by atoms with Crippen LogP contribution >= 0.6 is 23.1 Å². The molecule has 238 valence electrons. The van der Waals surface area contributed by atoms with Gasteiger partial charge in [-0.15, -0.1) is 0 Å². The Morgan fingerprint density at radius 2 is 1.65 bits per heavy atom. The highest BCUT2D eigenvalue weighted by Gasteiger charge is 2.57. The molecule has 3 amide bonds. The van der Waals surface area contributed by atoms with Gasteiger partial charge in [0.1, 0.15) is 11.8 Å². The minimum atomic E-state index is -4.60. The quantitative estimate of drug-likeness (QED) is 0.252. The minimum absolute atomic E-state index is 0.0850. The summed E-state index contributed by atoms with van der Waals surface area (Å²) >= 11 is 1.89. The number of hydrogen-bond acceptors (Lipinski definition) is 8. The average Bonchev–Trinajstić information content (AvgIpc) is 3.47. The third-order valence-electron chi connectivity index (χ3n) is 7.88. The molecular weight excluding hydrogens is 643 g/mol. The minimum Gasteiger partial charge on any atom is -0.493 e. The van der Waals surface area contributed by atoms with Crippen molar-refractivity contribution in [3.05, 3.63) is 98.0 Å². The molecule has 0 unspecified atom stereocenters. The number of fused-ring (bicyclic) bond motifs is 2. The van der Waals surface area contributed by atoms with E-state index in [0.717, 1.165) is 45.7 Å². The van der Waals surface area contributed by atoms with Crippen LogP contribution in [0.3, 0.4) is 0 Å². The zero-order chi connectivity index (χ0) is 32.9. The molecule has 9 nitrogen and oxygen atoms in total. The lowest BCUT2D eigenvalue weighted by Gasteiger charge is -2.31. The number of hydrogen-bond donors (Lipinski definition) is 1. The van der Waals surface area contributed by atoms with Gasteiger partial charge in [-0.25, -0.2) is 4.90 Å². The second-order valence-electron chi connectivity index (χ2n) is 10.8. The van der Waals surface area contributed by atoms with E-state index in [2.05, 4.69) is 5.32 Å². The molecule has 2 aliphatic heterocycles. The Bertz CT molecular complexity index is 1920. The number of nitrogens with one attached hydrogen (secondary N) is 1. The molecule has 6 rings (SSSR count). The largest absolute Gasteiger partial charge is 0.493 e. The molecular formula is C32H26F3N3O6S2. The number of carbonyl (C=O) groups excluding carboxylic acids is 3. The molecule has 1 N–H and O–H groups in total. The van der Waals surface area contributed by atoms with Crippen LogP contribution in [-0.2, 0) is 27.1 Å². The van der Waals surface area contributed by atoms with Gasteiger partial charge in [-0.1, -0.05) is 52.9 Å². The van der Waals surface area contributed by atoms with Crippen LogP contribution in [0.2, 0.25) is 0 Å². The lowest BCUT2D eigenvalue weighted by atomic mass is 9.83. The van der Waals surface area contributed by atoms with Gasteiger partial charge in [0.2, 0.25) is 17.7 Å². The first kappa shape index (κ1) is 31.4. The fourth-order valence-corrected chi connectivity index (χ4v) is 8.50. The molecule has 1 fully saturated rings. The molecule has 0 spiro atoms. The second-order valence-corrected chi connectivity index (χ2v) is 12.9. The summed E-state index contributed by atoms with van der Waals surface area (Å²) in [6.45, 7) is 1.37. The van der Waals surface area contributed by atoms with E-state index < -0.39 is 58.0 Å². The van der Waals surface area contributed by atoms with Crippen molar-refractivity contribution in [1.82, 2.24) is 4.57 Å². The van der Waals surface area contributed by atoms with E-state index in [4.69, 9.17) is 9.47 Å². The number of aryl methyl sites for hydroxylation is 1. The molecule has 0 aliphatic carbocycles. The topological polar surface area (TPSA) is 107 Å². The Hall–Kier alpha value is -4.56. The Morgan fingerprint density at radius 1 is 0.935 bits per heavy atom. The van der Waals surface area contributed by atoms with Gasteiger partial charge < -0.3 is 14.8 Å². The van der Waals surface area contributed by atoms with Gasteiger partial charge in [-0.2, -0.15) is 13.2 Å². The highest BCUT2D eigenvalue weighted by molar-refractivity contribution is 8.00. The van der Waals surface area contributed by atoms with Crippen LogP contribution < -0.4 is 24.6 Å². The van der Waals surface area contributed by atoms with E-state index in [-0.39, 0.29) is 5.69 Å². The van der Waals surface area contributed by atoms with Gasteiger partial charge in [0.05, 0.1) is 36.4 Å². The molecule has 0 saturated carbocycles. The van der Waals surface area contributed by atoms with Crippen LogP contribution in [0, 0.1) is 12.8 Å². The molecule has 3 atom stereocenters. The van der Waals surface area contributed by atoms with E-state index in [9.17, 15) is 32.3 Å². The van der Waals surface area contributed by atoms with Gasteiger partial charge >= 0.3 is 11.0 Å². The molecule has 4 aromatic rings. The summed E-state index contributed by atoms with van der Waals surface area (Å²) in [6.07, 6.45) is -4.60. The molecule has 2 aliphatic rings. The zero-order valence-electron chi connectivity index (χ0n) is 24.6.